The predicted octanol–water partition coefficient (Wildman–Crippen LogP) is 4.85. The molecule has 2 saturated heterocycles. The van der Waals surface area contributed by atoms with Gasteiger partial charge < -0.3 is 28.4 Å². The third-order valence-electron chi connectivity index (χ3n) is 7.05. The Kier molecular flexibility index (Phi) is 6.91. The fourth-order valence-corrected chi connectivity index (χ4v) is 5.12. The van der Waals surface area contributed by atoms with E-state index in [1.54, 1.807) is 19.2 Å². The zero-order chi connectivity index (χ0) is 25.2. The van der Waals surface area contributed by atoms with E-state index < -0.39 is 12.4 Å². The van der Waals surface area contributed by atoms with Crippen molar-refractivity contribution in [1.82, 2.24) is 0 Å². The van der Waals surface area contributed by atoms with Crippen LogP contribution in [0.4, 0.5) is 10.5 Å². The second-order valence-electron chi connectivity index (χ2n) is 9.28. The van der Waals surface area contributed by atoms with Crippen molar-refractivity contribution in [2.45, 2.75) is 30.7 Å². The van der Waals surface area contributed by atoms with Gasteiger partial charge in [0.05, 0.1) is 19.8 Å². The molecule has 3 aromatic carbocycles. The molecule has 4 atom stereocenters. The smallest absolute Gasteiger partial charge is 0.411 e. The van der Waals surface area contributed by atoms with Gasteiger partial charge in [0.2, 0.25) is 0 Å². The van der Waals surface area contributed by atoms with Crippen molar-refractivity contribution in [2.24, 2.45) is 0 Å². The number of fused-ring (bicyclic) bond motifs is 3. The number of carbonyl (C=O) groups excluding carboxylic acids is 1. The van der Waals surface area contributed by atoms with Crippen LogP contribution in [-0.2, 0) is 28.4 Å². The van der Waals surface area contributed by atoms with Gasteiger partial charge in [-0.15, -0.1) is 0 Å². The lowest BCUT2D eigenvalue weighted by Gasteiger charge is -2.31. The Morgan fingerprint density at radius 1 is 0.838 bits per heavy atom. The zero-order valence-corrected chi connectivity index (χ0v) is 20.5. The Labute approximate surface area is 215 Å². The summed E-state index contributed by atoms with van der Waals surface area (Å²) in [7, 11) is 1.59. The topological polar surface area (TPSA) is 84.5 Å². The number of carbonyl (C=O) groups is 1. The highest BCUT2D eigenvalue weighted by atomic mass is 16.7. The third-order valence-corrected chi connectivity index (χ3v) is 7.05. The minimum Gasteiger partial charge on any atom is -0.448 e. The number of ether oxygens (including phenoxy) is 6. The lowest BCUT2D eigenvalue weighted by Crippen LogP contribution is -2.44. The number of amides is 1. The zero-order valence-electron chi connectivity index (χ0n) is 20.5. The molecule has 192 valence electrons. The summed E-state index contributed by atoms with van der Waals surface area (Å²) in [5.41, 5.74) is 6.24. The molecule has 2 heterocycles. The number of benzene rings is 3. The van der Waals surface area contributed by atoms with Crippen LogP contribution in [0.3, 0.4) is 0 Å². The molecular weight excluding hydrogens is 474 g/mol. The predicted molar refractivity (Wildman–Crippen MR) is 135 cm³/mol. The molecular formula is C29H29NO7. The molecule has 1 unspecified atom stereocenters. The van der Waals surface area contributed by atoms with Gasteiger partial charge in [0, 0.05) is 24.3 Å². The highest BCUT2D eigenvalue weighted by molar-refractivity contribution is 5.85. The van der Waals surface area contributed by atoms with E-state index in [1.807, 2.05) is 36.4 Å². The fraction of sp³-hybridized carbons (Fsp3) is 0.345. The molecule has 1 amide bonds. The molecule has 0 radical (unpaired) electrons. The average Bonchev–Trinajstić information content (AvgIpc) is 3.56. The SMILES string of the molecule is CO[C@H]1CO[C@@H]([C@H]2COC(c3ccc(NC(=O)OCC4c5ccccc5-c5ccccc54)cc3)O2)CO1. The molecule has 6 rings (SSSR count). The van der Waals surface area contributed by atoms with Gasteiger partial charge in [-0.1, -0.05) is 60.7 Å². The Bertz CT molecular complexity index is 1190. The van der Waals surface area contributed by atoms with Gasteiger partial charge in [-0.25, -0.2) is 4.79 Å². The van der Waals surface area contributed by atoms with Crippen molar-refractivity contribution in [3.63, 3.8) is 0 Å². The van der Waals surface area contributed by atoms with Gasteiger partial charge in [-0.3, -0.25) is 5.32 Å². The van der Waals surface area contributed by atoms with Crippen LogP contribution in [0, 0.1) is 0 Å². The molecule has 0 spiro atoms. The molecule has 2 aliphatic heterocycles. The van der Waals surface area contributed by atoms with Crippen LogP contribution in [0.5, 0.6) is 0 Å². The molecule has 1 aliphatic carbocycles. The summed E-state index contributed by atoms with van der Waals surface area (Å²) in [6.07, 6.45) is -1.76. The van der Waals surface area contributed by atoms with E-state index in [4.69, 9.17) is 28.4 Å². The van der Waals surface area contributed by atoms with E-state index in [0.29, 0.717) is 25.5 Å². The highest BCUT2D eigenvalue weighted by Gasteiger charge is 2.37. The molecule has 37 heavy (non-hydrogen) atoms. The maximum Gasteiger partial charge on any atom is 0.411 e. The van der Waals surface area contributed by atoms with Crippen LogP contribution in [0.15, 0.2) is 72.8 Å². The van der Waals surface area contributed by atoms with Crippen molar-refractivity contribution >= 4 is 11.8 Å². The molecule has 1 N–H and O–H groups in total. The lowest BCUT2D eigenvalue weighted by atomic mass is 9.98. The second-order valence-corrected chi connectivity index (χ2v) is 9.28. The standard InChI is InChI=1S/C29H29NO7/c1-32-27-17-33-25(15-34-27)26-16-35-28(37-26)18-10-12-19(13-11-18)30-29(31)36-14-24-22-8-4-2-6-20(22)21-7-3-5-9-23(21)24/h2-13,24-28H,14-17H2,1H3,(H,30,31)/t25-,26-,27-,28?/m1/s1. The van der Waals surface area contributed by atoms with Gasteiger partial charge in [0.15, 0.2) is 12.6 Å². The van der Waals surface area contributed by atoms with Crippen molar-refractivity contribution in [3.05, 3.63) is 89.5 Å². The first-order chi connectivity index (χ1) is 18.2. The van der Waals surface area contributed by atoms with E-state index in [-0.39, 0.29) is 31.0 Å². The summed E-state index contributed by atoms with van der Waals surface area (Å²) in [5, 5.41) is 2.81. The first-order valence-corrected chi connectivity index (χ1v) is 12.4. The summed E-state index contributed by atoms with van der Waals surface area (Å²) in [6.45, 7) is 1.43. The minimum atomic E-state index is -0.503. The highest BCUT2D eigenvalue weighted by Crippen LogP contribution is 2.44. The largest absolute Gasteiger partial charge is 0.448 e. The van der Waals surface area contributed by atoms with Crippen molar-refractivity contribution in [1.29, 1.82) is 0 Å². The number of anilines is 1. The van der Waals surface area contributed by atoms with Gasteiger partial charge >= 0.3 is 6.09 Å². The molecule has 8 nitrogen and oxygen atoms in total. The van der Waals surface area contributed by atoms with E-state index >= 15 is 0 Å². The van der Waals surface area contributed by atoms with Crippen LogP contribution in [0.25, 0.3) is 11.1 Å². The summed E-state index contributed by atoms with van der Waals surface area (Å²) < 4.78 is 34.1. The molecule has 0 aromatic heterocycles. The van der Waals surface area contributed by atoms with Crippen LogP contribution in [-0.4, -0.2) is 58.1 Å². The Morgan fingerprint density at radius 2 is 1.51 bits per heavy atom. The average molecular weight is 504 g/mol. The number of hydrogen-bond acceptors (Lipinski definition) is 7. The number of nitrogens with one attached hydrogen (secondary N) is 1. The van der Waals surface area contributed by atoms with Gasteiger partial charge in [-0.05, 0) is 34.4 Å². The van der Waals surface area contributed by atoms with Crippen LogP contribution in [0.2, 0.25) is 0 Å². The van der Waals surface area contributed by atoms with E-state index in [2.05, 4.69) is 29.6 Å². The number of methoxy groups -OCH3 is 1. The van der Waals surface area contributed by atoms with Crippen LogP contribution < -0.4 is 5.32 Å². The molecule has 3 aromatic rings. The van der Waals surface area contributed by atoms with Gasteiger partial charge in [0.25, 0.3) is 0 Å². The Hall–Kier alpha value is -3.27. The molecule has 2 fully saturated rings. The van der Waals surface area contributed by atoms with Crippen molar-refractivity contribution in [2.75, 3.05) is 38.9 Å². The minimum absolute atomic E-state index is 0.0177. The Balaban J connectivity index is 1.02. The quantitative estimate of drug-likeness (QED) is 0.515. The summed E-state index contributed by atoms with van der Waals surface area (Å²) in [4.78, 5) is 12.6. The second kappa shape index (κ2) is 10.6. The monoisotopic (exact) mass is 503 g/mol. The summed E-state index contributed by atoms with van der Waals surface area (Å²) >= 11 is 0. The third kappa shape index (κ3) is 4.99. The Morgan fingerprint density at radius 3 is 2.16 bits per heavy atom. The summed E-state index contributed by atoms with van der Waals surface area (Å²) in [6, 6.07) is 23.9. The number of rotatable bonds is 6. The molecule has 0 bridgehead atoms. The van der Waals surface area contributed by atoms with Gasteiger partial charge in [0.1, 0.15) is 18.8 Å². The molecule has 0 saturated carbocycles. The van der Waals surface area contributed by atoms with Crippen LogP contribution in [0.1, 0.15) is 28.9 Å². The van der Waals surface area contributed by atoms with Crippen molar-refractivity contribution < 1.29 is 33.2 Å². The first kappa shape index (κ1) is 24.1. The maximum atomic E-state index is 12.6. The summed E-state index contributed by atoms with van der Waals surface area (Å²) in [5.74, 6) is 0.0177. The number of hydrogen-bond donors (Lipinski definition) is 1. The van der Waals surface area contributed by atoms with Gasteiger partial charge in [-0.2, -0.15) is 0 Å². The van der Waals surface area contributed by atoms with E-state index in [0.717, 1.165) is 5.56 Å². The lowest BCUT2D eigenvalue weighted by molar-refractivity contribution is -0.242. The first-order valence-electron chi connectivity index (χ1n) is 12.4. The van der Waals surface area contributed by atoms with Crippen molar-refractivity contribution in [3.8, 4) is 11.1 Å². The maximum absolute atomic E-state index is 12.6. The van der Waals surface area contributed by atoms with Crippen LogP contribution >= 0.6 is 0 Å². The fourth-order valence-electron chi connectivity index (χ4n) is 5.12. The molecule has 8 heteroatoms. The molecule has 3 aliphatic rings. The van der Waals surface area contributed by atoms with E-state index in [9.17, 15) is 4.79 Å². The normalized spacial score (nSPS) is 24.9. The van der Waals surface area contributed by atoms with E-state index in [1.165, 1.54) is 22.3 Å².